The Hall–Kier alpha value is -0.360. The molecule has 0 spiro atoms. The van der Waals surface area contributed by atoms with Gasteiger partial charge in [-0.3, -0.25) is 4.79 Å². The van der Waals surface area contributed by atoms with Gasteiger partial charge in [0.25, 0.3) is 6.43 Å². The molecule has 0 aliphatic carbocycles. The molecule has 3 nitrogen and oxygen atoms in total. The maximum Gasteiger partial charge on any atom is 0.261 e. The van der Waals surface area contributed by atoms with Gasteiger partial charge in [0.1, 0.15) is 6.61 Å². The molecule has 6 heteroatoms. The monoisotopic (exact) mass is 241 g/mol. The van der Waals surface area contributed by atoms with Gasteiger partial charge in [-0.05, 0) is 5.92 Å². The number of nitrogens with one attached hydrogen (secondary N) is 1. The largest absolute Gasteiger partial charge is 0.374 e. The fourth-order valence-corrected chi connectivity index (χ4v) is 0.917. The molecule has 1 unspecified atom stereocenters. The smallest absolute Gasteiger partial charge is 0.261 e. The molecule has 90 valence electrons. The maximum atomic E-state index is 11.6. The lowest BCUT2D eigenvalue weighted by molar-refractivity contribution is -0.121. The van der Waals surface area contributed by atoms with E-state index in [-0.39, 0.29) is 30.2 Å². The summed E-state index contributed by atoms with van der Waals surface area (Å²) in [6.45, 7) is 3.49. The molecule has 0 aliphatic rings. The van der Waals surface area contributed by atoms with Gasteiger partial charge in [-0.15, -0.1) is 0 Å². The Bertz CT molecular complexity index is 191. The van der Waals surface area contributed by atoms with Crippen molar-refractivity contribution in [1.29, 1.82) is 0 Å². The van der Waals surface area contributed by atoms with Crippen molar-refractivity contribution in [3.8, 4) is 0 Å². The first-order chi connectivity index (χ1) is 6.95. The van der Waals surface area contributed by atoms with Crippen LogP contribution in [0.25, 0.3) is 0 Å². The van der Waals surface area contributed by atoms with Crippen LogP contribution in [0.5, 0.6) is 0 Å². The van der Waals surface area contributed by atoms with Crippen LogP contribution in [0.15, 0.2) is 0 Å². The fraction of sp³-hybridized carbons (Fsp3) is 0.889. The Morgan fingerprint density at radius 1 is 1.47 bits per heavy atom. The Kier molecular flexibility index (Phi) is 7.68. The zero-order valence-electron chi connectivity index (χ0n) is 8.87. The third-order valence-electron chi connectivity index (χ3n) is 1.69. The normalized spacial score (nSPS) is 13.3. The van der Waals surface area contributed by atoms with E-state index in [2.05, 4.69) is 22.7 Å². The number of ether oxygens (including phenoxy) is 1. The molecule has 0 bridgehead atoms. The van der Waals surface area contributed by atoms with Crippen LogP contribution in [0.1, 0.15) is 13.8 Å². The van der Waals surface area contributed by atoms with Gasteiger partial charge >= 0.3 is 0 Å². The van der Waals surface area contributed by atoms with E-state index in [4.69, 9.17) is 0 Å². The molecule has 0 heterocycles. The molecule has 0 aromatic carbocycles. The van der Waals surface area contributed by atoms with Crippen molar-refractivity contribution in [1.82, 2.24) is 5.32 Å². The van der Waals surface area contributed by atoms with E-state index < -0.39 is 13.0 Å². The summed E-state index contributed by atoms with van der Waals surface area (Å²) in [5.41, 5.74) is 0. The second-order valence-corrected chi connectivity index (χ2v) is 4.00. The average molecular weight is 241 g/mol. The molecule has 1 atom stereocenters. The summed E-state index contributed by atoms with van der Waals surface area (Å²) in [6, 6.07) is 0. The predicted molar refractivity (Wildman–Crippen MR) is 57.4 cm³/mol. The van der Waals surface area contributed by atoms with E-state index in [9.17, 15) is 13.6 Å². The van der Waals surface area contributed by atoms with Crippen LogP contribution >= 0.6 is 12.6 Å². The van der Waals surface area contributed by atoms with Gasteiger partial charge in [-0.1, -0.05) is 13.8 Å². The molecule has 0 aliphatic heterocycles. The molecular weight excluding hydrogens is 224 g/mol. The number of alkyl halides is 2. The molecule has 15 heavy (non-hydrogen) atoms. The molecular formula is C9H17F2NO2S. The topological polar surface area (TPSA) is 38.3 Å². The Labute approximate surface area is 94.0 Å². The standard InChI is InChI=1S/C9H17F2NO2S/c1-6(2)8(15)9(13)12-3-4-14-5-7(10)11/h6-8,15H,3-5H2,1-2H3,(H,12,13). The third-order valence-corrected chi connectivity index (χ3v) is 2.52. The van der Waals surface area contributed by atoms with E-state index >= 15 is 0 Å². The Morgan fingerprint density at radius 3 is 2.53 bits per heavy atom. The minimum atomic E-state index is -2.46. The van der Waals surface area contributed by atoms with Crippen LogP contribution in [0.2, 0.25) is 0 Å². The van der Waals surface area contributed by atoms with Crippen molar-refractivity contribution >= 4 is 18.5 Å². The highest BCUT2D eigenvalue weighted by atomic mass is 32.1. The molecule has 0 saturated carbocycles. The number of thiol groups is 1. The first kappa shape index (κ1) is 14.6. The van der Waals surface area contributed by atoms with Crippen LogP contribution in [-0.4, -0.2) is 37.3 Å². The number of rotatable bonds is 7. The van der Waals surface area contributed by atoms with Crippen molar-refractivity contribution in [3.63, 3.8) is 0 Å². The van der Waals surface area contributed by atoms with Crippen molar-refractivity contribution < 1.29 is 18.3 Å². The molecule has 0 rings (SSSR count). The van der Waals surface area contributed by atoms with Crippen LogP contribution in [0.3, 0.4) is 0 Å². The first-order valence-corrected chi connectivity index (χ1v) is 5.28. The summed E-state index contributed by atoms with van der Waals surface area (Å²) in [5, 5.41) is 2.18. The van der Waals surface area contributed by atoms with Crippen LogP contribution in [0.4, 0.5) is 8.78 Å². The minimum absolute atomic E-state index is 0.0919. The summed E-state index contributed by atoms with van der Waals surface area (Å²) in [4.78, 5) is 11.3. The van der Waals surface area contributed by atoms with Crippen LogP contribution in [-0.2, 0) is 9.53 Å². The molecule has 0 fully saturated rings. The van der Waals surface area contributed by atoms with Crippen LogP contribution < -0.4 is 5.32 Å². The van der Waals surface area contributed by atoms with E-state index in [1.807, 2.05) is 13.8 Å². The second-order valence-electron chi connectivity index (χ2n) is 3.45. The van der Waals surface area contributed by atoms with E-state index in [1.54, 1.807) is 0 Å². The zero-order chi connectivity index (χ0) is 11.8. The number of carbonyl (C=O) groups is 1. The average Bonchev–Trinajstić information content (AvgIpc) is 2.15. The highest BCUT2D eigenvalue weighted by molar-refractivity contribution is 7.81. The lowest BCUT2D eigenvalue weighted by Crippen LogP contribution is -2.36. The highest BCUT2D eigenvalue weighted by Crippen LogP contribution is 2.08. The van der Waals surface area contributed by atoms with Crippen LogP contribution in [0, 0.1) is 5.92 Å². The van der Waals surface area contributed by atoms with Gasteiger partial charge < -0.3 is 10.1 Å². The number of carbonyl (C=O) groups excluding carboxylic acids is 1. The number of amides is 1. The molecule has 0 aromatic heterocycles. The summed E-state index contributed by atoms with van der Waals surface area (Å²) in [5.74, 6) is -0.0655. The van der Waals surface area contributed by atoms with Crippen molar-refractivity contribution in [2.75, 3.05) is 19.8 Å². The van der Waals surface area contributed by atoms with Gasteiger partial charge in [0.2, 0.25) is 5.91 Å². The highest BCUT2D eigenvalue weighted by Gasteiger charge is 2.16. The van der Waals surface area contributed by atoms with Gasteiger partial charge in [-0.25, -0.2) is 8.78 Å². The quantitative estimate of drug-likeness (QED) is 0.521. The summed E-state index contributed by atoms with van der Waals surface area (Å²) in [6.07, 6.45) is -2.46. The summed E-state index contributed by atoms with van der Waals surface area (Å²) >= 11 is 4.10. The maximum absolute atomic E-state index is 11.6. The lowest BCUT2D eigenvalue weighted by Gasteiger charge is -2.14. The van der Waals surface area contributed by atoms with Gasteiger partial charge in [0.15, 0.2) is 0 Å². The lowest BCUT2D eigenvalue weighted by atomic mass is 10.1. The van der Waals surface area contributed by atoms with Gasteiger partial charge in [-0.2, -0.15) is 12.6 Å². The number of hydrogen-bond donors (Lipinski definition) is 2. The Balaban J connectivity index is 3.47. The molecule has 1 N–H and O–H groups in total. The summed E-state index contributed by atoms with van der Waals surface area (Å²) in [7, 11) is 0. The van der Waals surface area contributed by atoms with Crippen molar-refractivity contribution in [3.05, 3.63) is 0 Å². The fourth-order valence-electron chi connectivity index (χ4n) is 0.826. The second kappa shape index (κ2) is 7.87. The predicted octanol–water partition coefficient (Wildman–Crippen LogP) is 1.34. The first-order valence-electron chi connectivity index (χ1n) is 4.76. The van der Waals surface area contributed by atoms with E-state index in [0.717, 1.165) is 0 Å². The third kappa shape index (κ3) is 7.56. The van der Waals surface area contributed by atoms with Crippen molar-refractivity contribution in [2.45, 2.75) is 25.5 Å². The Morgan fingerprint density at radius 2 is 2.07 bits per heavy atom. The molecule has 1 amide bonds. The molecule has 0 aromatic rings. The van der Waals surface area contributed by atoms with Gasteiger partial charge in [0, 0.05) is 6.54 Å². The molecule has 0 saturated heterocycles. The minimum Gasteiger partial charge on any atom is -0.374 e. The zero-order valence-corrected chi connectivity index (χ0v) is 9.77. The molecule has 0 radical (unpaired) electrons. The van der Waals surface area contributed by atoms with E-state index in [1.165, 1.54) is 0 Å². The number of halogens is 2. The van der Waals surface area contributed by atoms with Gasteiger partial charge in [0.05, 0.1) is 11.9 Å². The SMILES string of the molecule is CC(C)C(S)C(=O)NCCOCC(F)F. The summed E-state index contributed by atoms with van der Waals surface area (Å²) < 4.78 is 27.9. The number of hydrogen-bond acceptors (Lipinski definition) is 3. The van der Waals surface area contributed by atoms with E-state index in [0.29, 0.717) is 0 Å². The van der Waals surface area contributed by atoms with Crippen molar-refractivity contribution in [2.24, 2.45) is 5.92 Å².